The molecule has 1 aromatic heterocycles. The quantitative estimate of drug-likeness (QED) is 0.696. The minimum atomic E-state index is -4.58. The van der Waals surface area contributed by atoms with Crippen LogP contribution in [-0.2, 0) is 16.5 Å². The van der Waals surface area contributed by atoms with Gasteiger partial charge in [-0.2, -0.15) is 13.2 Å². The Bertz CT molecular complexity index is 937. The highest BCUT2D eigenvalue weighted by Crippen LogP contribution is 2.36. The number of hydrogen-bond acceptors (Lipinski definition) is 5. The summed E-state index contributed by atoms with van der Waals surface area (Å²) in [4.78, 5) is 19.6. The fourth-order valence-corrected chi connectivity index (χ4v) is 2.77. The van der Waals surface area contributed by atoms with E-state index in [9.17, 15) is 26.7 Å². The summed E-state index contributed by atoms with van der Waals surface area (Å²) in [5, 5.41) is 2.42. The number of hydrogen-bond donors (Lipinski definition) is 2. The molecule has 1 aromatic carbocycles. The first-order valence-corrected chi connectivity index (χ1v) is 8.27. The third kappa shape index (κ3) is 4.85. The molecule has 0 bridgehead atoms. The summed E-state index contributed by atoms with van der Waals surface area (Å²) in [5.74, 6) is -0.884. The number of rotatable bonds is 4. The van der Waals surface area contributed by atoms with Crippen molar-refractivity contribution in [2.45, 2.75) is 18.1 Å². The molecule has 6 nitrogen and oxygen atoms in total. The summed E-state index contributed by atoms with van der Waals surface area (Å²) in [6.07, 6.45) is -6.97. The van der Waals surface area contributed by atoms with Crippen LogP contribution in [0.15, 0.2) is 47.6 Å². The summed E-state index contributed by atoms with van der Waals surface area (Å²) >= 11 is 0. The Hall–Kier alpha value is -2.79. The molecule has 3 rings (SSSR count). The van der Waals surface area contributed by atoms with Crippen LogP contribution in [0.1, 0.15) is 21.6 Å². The molecule has 0 saturated heterocycles. The van der Waals surface area contributed by atoms with Crippen LogP contribution in [0.3, 0.4) is 0 Å². The molecular formula is C18H16ClF5N4O2. The molecule has 162 valence electrons. The van der Waals surface area contributed by atoms with Gasteiger partial charge in [0.25, 0.3) is 12.3 Å². The molecule has 3 N–H and O–H groups in total. The zero-order valence-corrected chi connectivity index (χ0v) is 15.9. The van der Waals surface area contributed by atoms with Gasteiger partial charge in [-0.3, -0.25) is 14.8 Å². The van der Waals surface area contributed by atoms with Gasteiger partial charge in [-0.1, -0.05) is 12.1 Å². The normalized spacial score (nSPS) is 19.1. The van der Waals surface area contributed by atoms with E-state index < -0.39 is 36.2 Å². The average molecular weight is 451 g/mol. The van der Waals surface area contributed by atoms with Crippen LogP contribution in [0.2, 0.25) is 0 Å². The molecule has 2 aromatic rings. The molecule has 1 aliphatic rings. The van der Waals surface area contributed by atoms with Crippen LogP contribution in [-0.4, -0.2) is 36.4 Å². The van der Waals surface area contributed by atoms with Crippen LogP contribution < -0.4 is 11.1 Å². The third-order valence-corrected chi connectivity index (χ3v) is 4.22. The lowest BCUT2D eigenvalue weighted by Gasteiger charge is -2.33. The second-order valence-corrected chi connectivity index (χ2v) is 6.29. The predicted octanol–water partition coefficient (Wildman–Crippen LogP) is 3.62. The number of carbonyl (C=O) groups is 1. The average Bonchev–Trinajstić information content (AvgIpc) is 2.67. The molecule has 2 heterocycles. The van der Waals surface area contributed by atoms with Gasteiger partial charge in [-0.15, -0.1) is 12.4 Å². The van der Waals surface area contributed by atoms with Gasteiger partial charge in [0, 0.05) is 11.9 Å². The Labute approximate surface area is 173 Å². The molecule has 1 aliphatic heterocycles. The first-order valence-electron chi connectivity index (χ1n) is 8.27. The number of alkyl halides is 5. The maximum absolute atomic E-state index is 13.8. The number of ether oxygens (including phenoxy) is 1. The molecule has 0 fully saturated rings. The predicted molar refractivity (Wildman–Crippen MR) is 101 cm³/mol. The van der Waals surface area contributed by atoms with Crippen LogP contribution in [0.4, 0.5) is 27.6 Å². The van der Waals surface area contributed by atoms with Crippen molar-refractivity contribution in [3.05, 3.63) is 59.4 Å². The van der Waals surface area contributed by atoms with Gasteiger partial charge in [0.15, 0.2) is 5.54 Å². The van der Waals surface area contributed by atoms with E-state index in [1.165, 1.54) is 24.3 Å². The summed E-state index contributed by atoms with van der Waals surface area (Å²) in [7, 11) is 0. The second kappa shape index (κ2) is 8.92. The Kier molecular flexibility index (Phi) is 6.99. The van der Waals surface area contributed by atoms with Crippen LogP contribution in [0.25, 0.3) is 0 Å². The van der Waals surface area contributed by atoms with Gasteiger partial charge in [-0.05, 0) is 29.8 Å². The Balaban J connectivity index is 0.00000320. The van der Waals surface area contributed by atoms with Crippen molar-refractivity contribution in [3.8, 4) is 0 Å². The first-order chi connectivity index (χ1) is 13.6. The summed E-state index contributed by atoms with van der Waals surface area (Å²) in [6, 6.07) is 7.17. The molecule has 12 heteroatoms. The number of carbonyl (C=O) groups excluding carboxylic acids is 1. The number of nitrogens with zero attached hydrogens (tertiary/aromatic N) is 2. The van der Waals surface area contributed by atoms with Crippen molar-refractivity contribution in [3.63, 3.8) is 0 Å². The monoisotopic (exact) mass is 450 g/mol. The Morgan fingerprint density at radius 1 is 1.23 bits per heavy atom. The number of aliphatic imine (C=N–C) groups is 1. The smallest absolute Gasteiger partial charge is 0.385 e. The fraction of sp³-hybridized carbons (Fsp3) is 0.278. The number of pyridine rings is 1. The Morgan fingerprint density at radius 2 is 1.97 bits per heavy atom. The number of benzene rings is 1. The molecule has 0 saturated carbocycles. The van der Waals surface area contributed by atoms with Gasteiger partial charge >= 0.3 is 6.18 Å². The molecule has 0 radical (unpaired) electrons. The molecule has 1 atom stereocenters. The Morgan fingerprint density at radius 3 is 2.53 bits per heavy atom. The third-order valence-electron chi connectivity index (χ3n) is 4.22. The molecule has 0 aliphatic carbocycles. The lowest BCUT2D eigenvalue weighted by atomic mass is 9.90. The second-order valence-electron chi connectivity index (χ2n) is 6.29. The topological polar surface area (TPSA) is 89.6 Å². The van der Waals surface area contributed by atoms with Crippen molar-refractivity contribution in [2.24, 2.45) is 10.7 Å². The van der Waals surface area contributed by atoms with E-state index in [4.69, 9.17) is 10.5 Å². The summed E-state index contributed by atoms with van der Waals surface area (Å²) < 4.78 is 70.5. The van der Waals surface area contributed by atoms with Gasteiger partial charge < -0.3 is 15.8 Å². The van der Waals surface area contributed by atoms with Crippen molar-refractivity contribution < 1.29 is 31.5 Å². The van der Waals surface area contributed by atoms with E-state index in [-0.39, 0.29) is 41.8 Å². The highest BCUT2D eigenvalue weighted by Gasteiger charge is 2.44. The standard InChI is InChI=1S/C18H15F5N4O2.ClH/c19-16(20)17(9-29-8-14(24)27-17)10-2-1-3-12(6-10)26-15(28)13-5-4-11(7-25-13)18(21,22)23;/h1-7,16H,8-9H2,(H2,24,27)(H,26,28);1H. The highest BCUT2D eigenvalue weighted by atomic mass is 35.5. The first kappa shape index (κ1) is 23.5. The van der Waals surface area contributed by atoms with Crippen LogP contribution in [0, 0.1) is 0 Å². The fourth-order valence-electron chi connectivity index (χ4n) is 2.77. The zero-order chi connectivity index (χ0) is 21.2. The van der Waals surface area contributed by atoms with E-state index in [0.29, 0.717) is 6.20 Å². The number of halogens is 6. The van der Waals surface area contributed by atoms with Gasteiger partial charge in [0.2, 0.25) is 0 Å². The van der Waals surface area contributed by atoms with E-state index in [1.54, 1.807) is 0 Å². The number of anilines is 1. The lowest BCUT2D eigenvalue weighted by molar-refractivity contribution is -0.137. The van der Waals surface area contributed by atoms with Crippen molar-refractivity contribution in [1.82, 2.24) is 4.98 Å². The largest absolute Gasteiger partial charge is 0.417 e. The maximum Gasteiger partial charge on any atom is 0.417 e. The van der Waals surface area contributed by atoms with Crippen molar-refractivity contribution in [2.75, 3.05) is 18.5 Å². The van der Waals surface area contributed by atoms with Gasteiger partial charge in [-0.25, -0.2) is 8.78 Å². The van der Waals surface area contributed by atoms with Crippen LogP contribution >= 0.6 is 12.4 Å². The van der Waals surface area contributed by atoms with Crippen molar-refractivity contribution in [1.29, 1.82) is 0 Å². The molecule has 0 spiro atoms. The van der Waals surface area contributed by atoms with E-state index >= 15 is 0 Å². The molecule has 1 amide bonds. The zero-order valence-electron chi connectivity index (χ0n) is 15.1. The summed E-state index contributed by atoms with van der Waals surface area (Å²) in [5.41, 5.74) is 2.47. The van der Waals surface area contributed by atoms with Gasteiger partial charge in [0.05, 0.1) is 12.2 Å². The number of amides is 1. The lowest BCUT2D eigenvalue weighted by Crippen LogP contribution is -2.44. The minimum Gasteiger partial charge on any atom is -0.385 e. The maximum atomic E-state index is 13.8. The SMILES string of the molecule is Cl.NC1=NC(c2cccc(NC(=O)c3ccc(C(F)(F)F)cn3)c2)(C(F)F)COC1. The molecule has 1 unspecified atom stereocenters. The van der Waals surface area contributed by atoms with E-state index in [0.717, 1.165) is 12.1 Å². The number of nitrogens with one attached hydrogen (secondary N) is 1. The number of amidine groups is 1. The van der Waals surface area contributed by atoms with Crippen LogP contribution in [0.5, 0.6) is 0 Å². The number of aromatic nitrogens is 1. The minimum absolute atomic E-state index is 0. The highest BCUT2D eigenvalue weighted by molar-refractivity contribution is 6.02. The van der Waals surface area contributed by atoms with E-state index in [1.807, 2.05) is 0 Å². The summed E-state index contributed by atoms with van der Waals surface area (Å²) in [6.45, 7) is -0.465. The molecular weight excluding hydrogens is 435 g/mol. The van der Waals surface area contributed by atoms with Gasteiger partial charge in [0.1, 0.15) is 18.1 Å². The van der Waals surface area contributed by atoms with E-state index in [2.05, 4.69) is 15.3 Å². The molecule has 30 heavy (non-hydrogen) atoms. The van der Waals surface area contributed by atoms with Crippen molar-refractivity contribution >= 4 is 29.8 Å². The number of nitrogens with two attached hydrogens (primary N) is 1.